The van der Waals surface area contributed by atoms with E-state index in [1.54, 1.807) is 0 Å². The smallest absolute Gasteiger partial charge is 0.134 e. The fourth-order valence-electron chi connectivity index (χ4n) is 2.23. The molecule has 0 amide bonds. The Labute approximate surface area is 115 Å². The van der Waals surface area contributed by atoms with Gasteiger partial charge in [0.1, 0.15) is 11.3 Å². The molecule has 1 unspecified atom stereocenters. The number of hydrogen-bond acceptors (Lipinski definition) is 2. The molecule has 0 radical (unpaired) electrons. The molecule has 0 aliphatic carbocycles. The summed E-state index contributed by atoms with van der Waals surface area (Å²) in [5.41, 5.74) is 2.30. The van der Waals surface area contributed by atoms with E-state index in [4.69, 9.17) is 4.42 Å². The van der Waals surface area contributed by atoms with Crippen molar-refractivity contribution in [3.05, 3.63) is 48.2 Å². The summed E-state index contributed by atoms with van der Waals surface area (Å²) in [7, 11) is 0. The molecule has 0 bridgehead atoms. The van der Waals surface area contributed by atoms with Crippen molar-refractivity contribution in [3.63, 3.8) is 0 Å². The summed E-state index contributed by atoms with van der Waals surface area (Å²) in [6, 6.07) is 8.60. The Morgan fingerprint density at radius 1 is 1.37 bits per heavy atom. The molecule has 1 aromatic heterocycles. The first-order valence-corrected chi connectivity index (χ1v) is 7.11. The van der Waals surface area contributed by atoms with Gasteiger partial charge >= 0.3 is 0 Å². The highest BCUT2D eigenvalue weighted by atomic mass is 16.3. The van der Waals surface area contributed by atoms with Gasteiger partial charge in [0, 0.05) is 30.0 Å². The van der Waals surface area contributed by atoms with Gasteiger partial charge in [0.2, 0.25) is 0 Å². The molecule has 2 aromatic rings. The van der Waals surface area contributed by atoms with E-state index < -0.39 is 0 Å². The van der Waals surface area contributed by atoms with Crippen LogP contribution in [0.3, 0.4) is 0 Å². The maximum atomic E-state index is 6.00. The van der Waals surface area contributed by atoms with Gasteiger partial charge in [0.05, 0.1) is 0 Å². The van der Waals surface area contributed by atoms with E-state index in [0.717, 1.165) is 24.3 Å². The molecule has 0 saturated carbocycles. The number of fused-ring (bicyclic) bond motifs is 1. The van der Waals surface area contributed by atoms with E-state index in [1.165, 1.54) is 23.8 Å². The number of hydrogen-bond donors (Lipinski definition) is 1. The average Bonchev–Trinajstić information content (AvgIpc) is 2.80. The standard InChI is InChI=1S/C17H23NO/c1-4-6-10-17-15(12-18-13(3)5-2)14-9-7-8-11-16(14)19-17/h5,7-9,11,13,18H,2,4,6,10,12H2,1,3H3. The molecule has 0 aliphatic rings. The lowest BCUT2D eigenvalue weighted by molar-refractivity contribution is 0.522. The van der Waals surface area contributed by atoms with Crippen LogP contribution in [0, 0.1) is 0 Å². The molecule has 0 fully saturated rings. The third kappa shape index (κ3) is 3.27. The molecule has 1 N–H and O–H groups in total. The van der Waals surface area contributed by atoms with Crippen LogP contribution in [-0.4, -0.2) is 6.04 Å². The van der Waals surface area contributed by atoms with Crippen molar-refractivity contribution in [1.82, 2.24) is 5.32 Å². The third-order valence-electron chi connectivity index (χ3n) is 3.49. The molecule has 0 aliphatic heterocycles. The van der Waals surface area contributed by atoms with Crippen molar-refractivity contribution >= 4 is 11.0 Å². The van der Waals surface area contributed by atoms with Crippen LogP contribution in [0.25, 0.3) is 11.0 Å². The number of rotatable bonds is 7. The summed E-state index contributed by atoms with van der Waals surface area (Å²) in [5.74, 6) is 1.13. The zero-order chi connectivity index (χ0) is 13.7. The Bertz CT molecular complexity index is 541. The summed E-state index contributed by atoms with van der Waals surface area (Å²) in [4.78, 5) is 0. The van der Waals surface area contributed by atoms with Gasteiger partial charge in [0.25, 0.3) is 0 Å². The zero-order valence-corrected chi connectivity index (χ0v) is 11.9. The molecule has 2 rings (SSSR count). The Morgan fingerprint density at radius 3 is 2.89 bits per heavy atom. The first-order valence-electron chi connectivity index (χ1n) is 7.11. The summed E-state index contributed by atoms with van der Waals surface area (Å²) in [5, 5.41) is 4.70. The topological polar surface area (TPSA) is 25.2 Å². The fourth-order valence-corrected chi connectivity index (χ4v) is 2.23. The number of para-hydroxylation sites is 1. The van der Waals surface area contributed by atoms with Crippen molar-refractivity contribution in [2.24, 2.45) is 0 Å². The Morgan fingerprint density at radius 2 is 2.16 bits per heavy atom. The normalized spacial score (nSPS) is 12.7. The quantitative estimate of drug-likeness (QED) is 0.742. The number of unbranched alkanes of at least 4 members (excludes halogenated alkanes) is 1. The van der Waals surface area contributed by atoms with Gasteiger partial charge in [-0.2, -0.15) is 0 Å². The molecule has 2 heteroatoms. The molecule has 1 aromatic carbocycles. The largest absolute Gasteiger partial charge is 0.461 e. The Balaban J connectivity index is 2.28. The van der Waals surface area contributed by atoms with Crippen LogP contribution >= 0.6 is 0 Å². The number of benzene rings is 1. The number of furan rings is 1. The fraction of sp³-hybridized carbons (Fsp3) is 0.412. The summed E-state index contributed by atoms with van der Waals surface area (Å²) in [6.07, 6.45) is 5.30. The van der Waals surface area contributed by atoms with Crippen LogP contribution in [0.5, 0.6) is 0 Å². The number of aryl methyl sites for hydroxylation is 1. The Hall–Kier alpha value is -1.54. The van der Waals surface area contributed by atoms with Gasteiger partial charge in [-0.3, -0.25) is 0 Å². The molecule has 19 heavy (non-hydrogen) atoms. The summed E-state index contributed by atoms with van der Waals surface area (Å²) >= 11 is 0. The lowest BCUT2D eigenvalue weighted by atomic mass is 10.1. The van der Waals surface area contributed by atoms with E-state index in [1.807, 2.05) is 18.2 Å². The van der Waals surface area contributed by atoms with Crippen LogP contribution in [0.15, 0.2) is 41.3 Å². The van der Waals surface area contributed by atoms with E-state index >= 15 is 0 Å². The van der Waals surface area contributed by atoms with E-state index in [9.17, 15) is 0 Å². The second-order valence-electron chi connectivity index (χ2n) is 5.01. The lowest BCUT2D eigenvalue weighted by Gasteiger charge is -2.09. The van der Waals surface area contributed by atoms with Gasteiger partial charge in [0.15, 0.2) is 0 Å². The van der Waals surface area contributed by atoms with Crippen LogP contribution in [0.2, 0.25) is 0 Å². The zero-order valence-electron chi connectivity index (χ0n) is 11.9. The molecule has 102 valence electrons. The highest BCUT2D eigenvalue weighted by Gasteiger charge is 2.13. The highest BCUT2D eigenvalue weighted by molar-refractivity contribution is 5.82. The van der Waals surface area contributed by atoms with Crippen LogP contribution in [0.1, 0.15) is 38.0 Å². The molecule has 1 heterocycles. The predicted octanol–water partition coefficient (Wildman–Crippen LogP) is 4.44. The highest BCUT2D eigenvalue weighted by Crippen LogP contribution is 2.27. The molecular weight excluding hydrogens is 234 g/mol. The third-order valence-corrected chi connectivity index (χ3v) is 3.49. The van der Waals surface area contributed by atoms with Crippen LogP contribution in [0.4, 0.5) is 0 Å². The van der Waals surface area contributed by atoms with Crippen LogP contribution in [-0.2, 0) is 13.0 Å². The predicted molar refractivity (Wildman–Crippen MR) is 81.3 cm³/mol. The Kier molecular flexibility index (Phi) is 4.80. The second kappa shape index (κ2) is 6.58. The second-order valence-corrected chi connectivity index (χ2v) is 5.01. The number of nitrogens with one attached hydrogen (secondary N) is 1. The summed E-state index contributed by atoms with van der Waals surface area (Å²) < 4.78 is 6.00. The van der Waals surface area contributed by atoms with Gasteiger partial charge in [-0.15, -0.1) is 6.58 Å². The first kappa shape index (κ1) is 13.9. The molecular formula is C17H23NO. The molecule has 0 spiro atoms. The van der Waals surface area contributed by atoms with E-state index in [-0.39, 0.29) is 0 Å². The lowest BCUT2D eigenvalue weighted by Crippen LogP contribution is -2.23. The monoisotopic (exact) mass is 257 g/mol. The van der Waals surface area contributed by atoms with E-state index in [0.29, 0.717) is 6.04 Å². The first-order chi connectivity index (χ1) is 9.26. The summed E-state index contributed by atoms with van der Waals surface area (Å²) in [6.45, 7) is 8.97. The SMILES string of the molecule is C=CC(C)NCc1c(CCCC)oc2ccccc12. The van der Waals surface area contributed by atoms with Crippen molar-refractivity contribution in [1.29, 1.82) is 0 Å². The van der Waals surface area contributed by atoms with E-state index in [2.05, 4.69) is 37.9 Å². The molecule has 0 saturated heterocycles. The molecule has 2 nitrogen and oxygen atoms in total. The van der Waals surface area contributed by atoms with Crippen LogP contribution < -0.4 is 5.32 Å². The van der Waals surface area contributed by atoms with Gasteiger partial charge in [-0.1, -0.05) is 37.6 Å². The van der Waals surface area contributed by atoms with Gasteiger partial charge < -0.3 is 9.73 Å². The average molecular weight is 257 g/mol. The van der Waals surface area contributed by atoms with Gasteiger partial charge in [-0.25, -0.2) is 0 Å². The van der Waals surface area contributed by atoms with Crippen molar-refractivity contribution < 1.29 is 4.42 Å². The van der Waals surface area contributed by atoms with Crippen molar-refractivity contribution in [2.45, 2.75) is 45.7 Å². The molecule has 1 atom stereocenters. The maximum Gasteiger partial charge on any atom is 0.134 e. The van der Waals surface area contributed by atoms with Crippen molar-refractivity contribution in [2.75, 3.05) is 0 Å². The van der Waals surface area contributed by atoms with Crippen molar-refractivity contribution in [3.8, 4) is 0 Å². The minimum Gasteiger partial charge on any atom is -0.461 e. The van der Waals surface area contributed by atoms with Gasteiger partial charge in [-0.05, 0) is 19.4 Å². The maximum absolute atomic E-state index is 6.00. The minimum atomic E-state index is 0.313. The minimum absolute atomic E-state index is 0.313.